The lowest BCUT2D eigenvalue weighted by Crippen LogP contribution is -2.51. The van der Waals surface area contributed by atoms with Crippen molar-refractivity contribution in [2.45, 2.75) is 26.2 Å². The van der Waals surface area contributed by atoms with Gasteiger partial charge in [-0.1, -0.05) is 56.3 Å². The van der Waals surface area contributed by atoms with Crippen LogP contribution in [-0.2, 0) is 11.2 Å². The molecule has 170 valence electrons. The lowest BCUT2D eigenvalue weighted by molar-refractivity contribution is -0.133. The summed E-state index contributed by atoms with van der Waals surface area (Å²) in [6.07, 6.45) is 1.03. The Morgan fingerprint density at radius 2 is 1.56 bits per heavy atom. The van der Waals surface area contributed by atoms with Gasteiger partial charge in [0.15, 0.2) is 0 Å². The molecule has 4 rings (SSSR count). The van der Waals surface area contributed by atoms with E-state index in [0.29, 0.717) is 19.0 Å². The van der Waals surface area contributed by atoms with Gasteiger partial charge in [0.25, 0.3) is 0 Å². The highest BCUT2D eigenvalue weighted by atomic mass is 16.2. The number of nitrogens with zero attached hydrogens (tertiary/aromatic N) is 4. The molecule has 2 saturated heterocycles. The van der Waals surface area contributed by atoms with Crippen molar-refractivity contribution >= 4 is 17.6 Å². The number of benzene rings is 2. The maximum Gasteiger partial charge on any atom is 0.325 e. The summed E-state index contributed by atoms with van der Waals surface area (Å²) in [4.78, 5) is 33.5. The topological polar surface area (TPSA) is 47.1 Å². The summed E-state index contributed by atoms with van der Waals surface area (Å²) >= 11 is 0. The summed E-state index contributed by atoms with van der Waals surface area (Å²) in [5.41, 5.74) is 3.51. The number of amides is 3. The molecule has 0 aromatic heterocycles. The zero-order valence-corrected chi connectivity index (χ0v) is 19.2. The van der Waals surface area contributed by atoms with Crippen LogP contribution in [-0.4, -0.2) is 79.0 Å². The molecule has 0 radical (unpaired) electrons. The SMILES string of the molecule is CC(C)c1ccc(N2CCN(CC(=O)N3CCN(CCc4ccccc4)CC3)C2=O)cc1. The molecule has 2 fully saturated rings. The van der Waals surface area contributed by atoms with E-state index in [1.165, 1.54) is 11.1 Å². The first kappa shape index (κ1) is 22.3. The Balaban J connectivity index is 1.23. The van der Waals surface area contributed by atoms with Crippen LogP contribution in [0.3, 0.4) is 0 Å². The number of carbonyl (C=O) groups is 2. The van der Waals surface area contributed by atoms with Gasteiger partial charge in [-0.05, 0) is 35.6 Å². The van der Waals surface area contributed by atoms with Crippen molar-refractivity contribution in [2.24, 2.45) is 0 Å². The number of hydrogen-bond acceptors (Lipinski definition) is 3. The van der Waals surface area contributed by atoms with Gasteiger partial charge in [-0.15, -0.1) is 0 Å². The number of piperazine rings is 1. The van der Waals surface area contributed by atoms with E-state index in [1.54, 1.807) is 9.80 Å². The maximum absolute atomic E-state index is 12.9. The fourth-order valence-corrected chi connectivity index (χ4v) is 4.42. The predicted octanol–water partition coefficient (Wildman–Crippen LogP) is 3.44. The van der Waals surface area contributed by atoms with Gasteiger partial charge in [0.1, 0.15) is 6.54 Å². The van der Waals surface area contributed by atoms with Crippen LogP contribution in [0.15, 0.2) is 54.6 Å². The lowest BCUT2D eigenvalue weighted by Gasteiger charge is -2.35. The first-order chi connectivity index (χ1) is 15.5. The monoisotopic (exact) mass is 434 g/mol. The van der Waals surface area contributed by atoms with Crippen molar-refractivity contribution in [3.05, 3.63) is 65.7 Å². The van der Waals surface area contributed by atoms with E-state index in [4.69, 9.17) is 0 Å². The van der Waals surface area contributed by atoms with Gasteiger partial charge >= 0.3 is 6.03 Å². The molecule has 2 aromatic rings. The Morgan fingerprint density at radius 1 is 0.875 bits per heavy atom. The Kier molecular flexibility index (Phi) is 7.10. The molecule has 3 amide bonds. The Hall–Kier alpha value is -2.86. The summed E-state index contributed by atoms with van der Waals surface area (Å²) in [5.74, 6) is 0.518. The van der Waals surface area contributed by atoms with Gasteiger partial charge in [0.2, 0.25) is 5.91 Å². The van der Waals surface area contributed by atoms with E-state index < -0.39 is 0 Å². The molecule has 0 N–H and O–H groups in total. The molecular formula is C26H34N4O2. The molecule has 0 bridgehead atoms. The van der Waals surface area contributed by atoms with Gasteiger partial charge < -0.3 is 9.80 Å². The summed E-state index contributed by atoms with van der Waals surface area (Å²) in [7, 11) is 0. The minimum Gasteiger partial charge on any atom is -0.339 e. The van der Waals surface area contributed by atoms with Gasteiger partial charge in [-0.2, -0.15) is 0 Å². The number of hydrogen-bond donors (Lipinski definition) is 0. The van der Waals surface area contributed by atoms with Gasteiger partial charge in [0.05, 0.1) is 0 Å². The van der Waals surface area contributed by atoms with E-state index >= 15 is 0 Å². The highest BCUT2D eigenvalue weighted by molar-refractivity contribution is 5.96. The summed E-state index contributed by atoms with van der Waals surface area (Å²) in [6.45, 7) is 9.96. The van der Waals surface area contributed by atoms with Crippen molar-refractivity contribution in [1.82, 2.24) is 14.7 Å². The first-order valence-electron chi connectivity index (χ1n) is 11.7. The van der Waals surface area contributed by atoms with E-state index in [9.17, 15) is 9.59 Å². The average molecular weight is 435 g/mol. The fraction of sp³-hybridized carbons (Fsp3) is 0.462. The van der Waals surface area contributed by atoms with Crippen LogP contribution in [0.2, 0.25) is 0 Å². The molecule has 2 aromatic carbocycles. The van der Waals surface area contributed by atoms with Gasteiger partial charge in [-0.3, -0.25) is 14.6 Å². The molecule has 2 aliphatic heterocycles. The first-order valence-corrected chi connectivity index (χ1v) is 11.7. The Labute approximate surface area is 191 Å². The van der Waals surface area contributed by atoms with Crippen LogP contribution in [0.4, 0.5) is 10.5 Å². The van der Waals surface area contributed by atoms with E-state index in [0.717, 1.165) is 44.8 Å². The smallest absolute Gasteiger partial charge is 0.325 e. The van der Waals surface area contributed by atoms with E-state index in [-0.39, 0.29) is 18.5 Å². The summed E-state index contributed by atoms with van der Waals surface area (Å²) in [5, 5.41) is 0. The largest absolute Gasteiger partial charge is 0.339 e. The highest BCUT2D eigenvalue weighted by Gasteiger charge is 2.32. The quantitative estimate of drug-likeness (QED) is 0.671. The number of anilines is 1. The van der Waals surface area contributed by atoms with Gasteiger partial charge in [0, 0.05) is 51.5 Å². The normalized spacial score (nSPS) is 17.5. The predicted molar refractivity (Wildman–Crippen MR) is 128 cm³/mol. The Bertz CT molecular complexity index is 905. The average Bonchev–Trinajstić information content (AvgIpc) is 3.18. The molecule has 0 aliphatic carbocycles. The summed E-state index contributed by atoms with van der Waals surface area (Å²) in [6, 6.07) is 18.6. The van der Waals surface area contributed by atoms with Crippen LogP contribution in [0.5, 0.6) is 0 Å². The minimum atomic E-state index is -0.0721. The molecule has 2 aliphatic rings. The van der Waals surface area contributed by atoms with Crippen LogP contribution in [0.1, 0.15) is 30.9 Å². The van der Waals surface area contributed by atoms with Crippen molar-refractivity contribution in [2.75, 3.05) is 57.3 Å². The lowest BCUT2D eigenvalue weighted by atomic mass is 10.0. The molecule has 32 heavy (non-hydrogen) atoms. The molecule has 0 atom stereocenters. The standard InChI is InChI=1S/C26H34N4O2/c1-21(2)23-8-10-24(11-9-23)30-19-18-29(26(30)32)20-25(31)28-16-14-27(15-17-28)13-12-22-6-4-3-5-7-22/h3-11,21H,12-20H2,1-2H3. The fourth-order valence-electron chi connectivity index (χ4n) is 4.42. The van der Waals surface area contributed by atoms with Crippen LogP contribution in [0, 0.1) is 0 Å². The van der Waals surface area contributed by atoms with Gasteiger partial charge in [-0.25, -0.2) is 4.79 Å². The van der Waals surface area contributed by atoms with Crippen molar-refractivity contribution in [1.29, 1.82) is 0 Å². The van der Waals surface area contributed by atoms with E-state index in [1.807, 2.05) is 23.1 Å². The van der Waals surface area contributed by atoms with Crippen LogP contribution >= 0.6 is 0 Å². The van der Waals surface area contributed by atoms with Crippen molar-refractivity contribution in [3.63, 3.8) is 0 Å². The van der Waals surface area contributed by atoms with E-state index in [2.05, 4.69) is 55.1 Å². The highest BCUT2D eigenvalue weighted by Crippen LogP contribution is 2.23. The third kappa shape index (κ3) is 5.30. The third-order valence-corrected chi connectivity index (χ3v) is 6.58. The molecular weight excluding hydrogens is 400 g/mol. The summed E-state index contributed by atoms with van der Waals surface area (Å²) < 4.78 is 0. The van der Waals surface area contributed by atoms with Crippen LogP contribution in [0.25, 0.3) is 0 Å². The number of urea groups is 1. The zero-order valence-electron chi connectivity index (χ0n) is 19.2. The van der Waals surface area contributed by atoms with Crippen LogP contribution < -0.4 is 4.90 Å². The molecule has 6 heteroatoms. The maximum atomic E-state index is 12.9. The van der Waals surface area contributed by atoms with Crippen molar-refractivity contribution in [3.8, 4) is 0 Å². The van der Waals surface area contributed by atoms with Crippen molar-refractivity contribution < 1.29 is 9.59 Å². The zero-order chi connectivity index (χ0) is 22.5. The minimum absolute atomic E-state index is 0.0538. The molecule has 6 nitrogen and oxygen atoms in total. The second-order valence-electron chi connectivity index (χ2n) is 9.06. The molecule has 0 unspecified atom stereocenters. The second kappa shape index (κ2) is 10.2. The molecule has 0 saturated carbocycles. The third-order valence-electron chi connectivity index (χ3n) is 6.58. The molecule has 0 spiro atoms. The number of carbonyl (C=O) groups excluding carboxylic acids is 2. The number of rotatable bonds is 7. The molecule has 2 heterocycles. The second-order valence-corrected chi connectivity index (χ2v) is 9.06. The Morgan fingerprint density at radius 3 is 2.22 bits per heavy atom.